The lowest BCUT2D eigenvalue weighted by molar-refractivity contribution is 0.00850. The van der Waals surface area contributed by atoms with E-state index in [-0.39, 0.29) is 42.7 Å². The summed E-state index contributed by atoms with van der Waals surface area (Å²) in [5, 5.41) is 56.2. The second kappa shape index (κ2) is 40.0. The number of fused-ring (bicyclic) bond motifs is 4. The number of benzene rings is 8. The first-order chi connectivity index (χ1) is 56.7. The van der Waals surface area contributed by atoms with Gasteiger partial charge < -0.3 is 44.6 Å². The molecule has 4 aliphatic rings. The molecule has 10 heterocycles. The number of halogens is 1. The maximum atomic E-state index is 13.2. The maximum absolute atomic E-state index is 13.2. The molecule has 27 nitrogen and oxygen atoms in total. The van der Waals surface area contributed by atoms with Crippen LogP contribution in [0.1, 0.15) is 82.3 Å². The summed E-state index contributed by atoms with van der Waals surface area (Å²) in [5.74, 6) is -1.35. The summed E-state index contributed by atoms with van der Waals surface area (Å²) in [6.07, 6.45) is 3.36. The lowest BCUT2D eigenvalue weighted by atomic mass is 9.81. The Labute approximate surface area is 704 Å². The van der Waals surface area contributed by atoms with E-state index < -0.39 is 13.1 Å². The number of nitrogens with zero attached hydrogens (tertiary/aromatic N) is 15. The number of likely N-dealkylation sites (tertiary alicyclic amines) is 1. The van der Waals surface area contributed by atoms with Crippen molar-refractivity contribution < 1.29 is 53.4 Å². The minimum atomic E-state index is -1.34. The van der Waals surface area contributed by atoms with Crippen LogP contribution in [0.4, 0.5) is 0 Å². The fraction of sp³-hybridized carbons (Fsp3) is 0.264. The summed E-state index contributed by atoms with van der Waals surface area (Å²) in [4.78, 5) is 91.2. The number of rotatable bonds is 14. The third-order valence-electron chi connectivity index (χ3n) is 20.5. The molecule has 4 saturated heterocycles. The molecule has 4 N–H and O–H groups in total. The lowest BCUT2D eigenvalue weighted by Crippen LogP contribution is -2.64. The Kier molecular flexibility index (Phi) is 29.0. The molecule has 8 aromatic carbocycles. The highest BCUT2D eigenvalue weighted by atomic mass is 127. The molecule has 0 atom stereocenters. The van der Waals surface area contributed by atoms with Gasteiger partial charge in [-0.05, 0) is 115 Å². The van der Waals surface area contributed by atoms with Gasteiger partial charge in [-0.25, -0.2) is 24.4 Å². The predicted molar refractivity (Wildman–Crippen MR) is 469 cm³/mol. The first-order valence-electron chi connectivity index (χ1n) is 38.3. The molecule has 4 aliphatic heterocycles. The first kappa shape index (κ1) is 85.7. The van der Waals surface area contributed by atoms with Crippen LogP contribution < -0.4 is 10.8 Å². The van der Waals surface area contributed by atoms with Crippen LogP contribution in [-0.4, -0.2) is 235 Å². The van der Waals surface area contributed by atoms with Gasteiger partial charge in [0.05, 0.1) is 52.0 Å². The van der Waals surface area contributed by atoms with Crippen LogP contribution in [0.2, 0.25) is 0 Å². The molecule has 0 unspecified atom stereocenters. The zero-order valence-corrected chi connectivity index (χ0v) is 69.2. The van der Waals surface area contributed by atoms with Crippen LogP contribution in [0.3, 0.4) is 0 Å². The standard InChI is InChI=1S/C26H26N6O2S.C17H16N2O2.C15H12N2O2.C11H11IN2O2.C11H16N4OS.C6H7BO2.CH4/c1-29-22-8-7-19(15-21(22)23(28-29)18-5-3-2-4-6-18)25(33)32-16-20(17-32)30-10-12-31(13-11-30)26(34)24-27-9-14-35-24;1-3-21-17(20)13-9-10-15-14(11-13)16(18-19(15)2)12-7-5-4-6-8-12;1-17-13-8-7-11(15(18)19)9-12(13)14(16-17)10-5-3-2-4-6-10;1-3-16-11(15)7-4-5-9-8(6-7)10(12)13-14(9)2;16-11(10-13-1-6-17-10)15-4-2-14(3-5-15)9-7-12-8-9;8-7(9)6-4-2-1-3-5-6;/h2-9,14-15,20H,10-13,16-17H2,1H3;4-11H,3H2,1-2H3;2-9H,1H3,(H,18,19);4-6H,3H2,1-2H3;1,6,9,12H,2-5,7-8H2;1-5,8-9H;1H4. The number of hydrogen-bond donors (Lipinski definition) is 4. The molecule has 608 valence electrons. The summed E-state index contributed by atoms with van der Waals surface area (Å²) >= 11 is 4.96. The predicted octanol–water partition coefficient (Wildman–Crippen LogP) is 11.6. The van der Waals surface area contributed by atoms with Crippen molar-refractivity contribution in [1.29, 1.82) is 0 Å². The molecule has 6 aromatic heterocycles. The van der Waals surface area contributed by atoms with E-state index in [4.69, 9.17) is 29.7 Å². The van der Waals surface area contributed by atoms with Gasteiger partial charge in [-0.3, -0.25) is 42.9 Å². The van der Waals surface area contributed by atoms with Crippen LogP contribution in [0.5, 0.6) is 0 Å². The Morgan fingerprint density at radius 2 is 0.805 bits per heavy atom. The van der Waals surface area contributed by atoms with Gasteiger partial charge in [0, 0.05) is 186 Å². The summed E-state index contributed by atoms with van der Waals surface area (Å²) < 4.78 is 18.2. The van der Waals surface area contributed by atoms with Gasteiger partial charge in [0.25, 0.3) is 17.7 Å². The molecular weight excluding hydrogens is 1650 g/mol. The van der Waals surface area contributed by atoms with E-state index in [1.807, 2.05) is 203 Å². The number of piperazine rings is 2. The largest absolute Gasteiger partial charge is 0.488 e. The van der Waals surface area contributed by atoms with Crippen LogP contribution >= 0.6 is 45.3 Å². The van der Waals surface area contributed by atoms with E-state index in [0.717, 1.165) is 147 Å². The van der Waals surface area contributed by atoms with Crippen LogP contribution in [0, 0.1) is 3.70 Å². The van der Waals surface area contributed by atoms with E-state index in [1.165, 1.54) is 22.7 Å². The Bertz CT molecular complexity index is 5750. The zero-order chi connectivity index (χ0) is 82.2. The van der Waals surface area contributed by atoms with E-state index in [2.05, 4.69) is 63.0 Å². The molecule has 0 aliphatic carbocycles. The molecule has 0 spiro atoms. The summed E-state index contributed by atoms with van der Waals surface area (Å²) in [5.41, 5.74) is 12.2. The molecular formula is C87H92BIN16O11S2. The second-order valence-electron chi connectivity index (χ2n) is 27.9. The molecule has 14 aromatic rings. The number of carboxylic acid groups (broad SMARTS) is 1. The van der Waals surface area contributed by atoms with Crippen molar-refractivity contribution in [2.45, 2.75) is 33.4 Å². The summed E-state index contributed by atoms with van der Waals surface area (Å²) in [6, 6.07) is 61.4. The number of carbonyl (C=O) groups is 6. The SMILES string of the molecule is C.CCOC(=O)c1ccc2c(c1)c(-c1ccccc1)nn2C.CCOC(=O)c1ccc2c(c1)c(I)nn2C.Cn1nc(-c2ccccc2)c2cc(C(=O)N3CC(N4CCN(C(=O)c5nccs5)CC4)C3)ccc21.Cn1nc(-c2ccccc2)c2cc(C(=O)O)ccc21.O=C(c1nccs1)N1CCN(C2CNC2)CC1.OB(O)c1ccccc1. The topological polar surface area (TPSA) is 307 Å². The van der Waals surface area contributed by atoms with Crippen molar-refractivity contribution >= 4 is 137 Å². The number of thiazole rings is 2. The molecule has 4 fully saturated rings. The minimum absolute atomic E-state index is 0. The number of esters is 2. The molecule has 118 heavy (non-hydrogen) atoms. The van der Waals surface area contributed by atoms with Gasteiger partial charge in [0.1, 0.15) is 20.8 Å². The van der Waals surface area contributed by atoms with Crippen molar-refractivity contribution in [3.8, 4) is 33.8 Å². The van der Waals surface area contributed by atoms with Crippen LogP contribution in [0.15, 0.2) is 217 Å². The Morgan fingerprint density at radius 3 is 1.17 bits per heavy atom. The maximum Gasteiger partial charge on any atom is 0.488 e. The number of carboxylic acids is 1. The molecule has 0 bridgehead atoms. The number of ether oxygens (including phenoxy) is 2. The molecule has 3 amide bonds. The Balaban J connectivity index is 0.000000136. The Hall–Kier alpha value is -11.7. The quantitative estimate of drug-likeness (QED) is 0.0446. The Morgan fingerprint density at radius 1 is 0.449 bits per heavy atom. The van der Waals surface area contributed by atoms with E-state index >= 15 is 0 Å². The van der Waals surface area contributed by atoms with Crippen molar-refractivity contribution in [1.82, 2.24) is 78.9 Å². The van der Waals surface area contributed by atoms with E-state index in [0.29, 0.717) is 70.6 Å². The fourth-order valence-corrected chi connectivity index (χ4v) is 16.1. The van der Waals surface area contributed by atoms with Crippen molar-refractivity contribution in [3.63, 3.8) is 0 Å². The van der Waals surface area contributed by atoms with Gasteiger partial charge in [-0.2, -0.15) is 20.4 Å². The van der Waals surface area contributed by atoms with Gasteiger partial charge in [0.2, 0.25) is 0 Å². The fourth-order valence-electron chi connectivity index (χ4n) is 14.1. The van der Waals surface area contributed by atoms with Crippen molar-refractivity contribution in [3.05, 3.63) is 253 Å². The number of aryl methyl sites for hydroxylation is 4. The van der Waals surface area contributed by atoms with Crippen LogP contribution in [0.25, 0.3) is 77.4 Å². The molecule has 0 saturated carbocycles. The summed E-state index contributed by atoms with van der Waals surface area (Å²) in [6.45, 7) is 14.7. The molecule has 18 rings (SSSR count). The molecule has 0 radical (unpaired) electrons. The van der Waals surface area contributed by atoms with Crippen LogP contribution in [-0.2, 0) is 37.7 Å². The van der Waals surface area contributed by atoms with Gasteiger partial charge in [-0.15, -0.1) is 22.7 Å². The smallest absolute Gasteiger partial charge is 0.478 e. The number of aromatic carboxylic acids is 1. The van der Waals surface area contributed by atoms with E-state index in [9.17, 15) is 28.8 Å². The van der Waals surface area contributed by atoms with Gasteiger partial charge >= 0.3 is 25.0 Å². The van der Waals surface area contributed by atoms with Gasteiger partial charge in [-0.1, -0.05) is 129 Å². The summed E-state index contributed by atoms with van der Waals surface area (Å²) in [7, 11) is 6.23. The third kappa shape index (κ3) is 20.3. The number of aromatic nitrogens is 10. The minimum Gasteiger partial charge on any atom is -0.478 e. The lowest BCUT2D eigenvalue weighted by Gasteiger charge is -2.48. The van der Waals surface area contributed by atoms with E-state index in [1.54, 1.807) is 90.2 Å². The number of hydrogen-bond acceptors (Lipinski definition) is 21. The van der Waals surface area contributed by atoms with Gasteiger partial charge in [0.15, 0.2) is 10.0 Å². The highest BCUT2D eigenvalue weighted by Crippen LogP contribution is 2.33. The monoisotopic (exact) mass is 1740 g/mol. The normalized spacial score (nSPS) is 14.1. The van der Waals surface area contributed by atoms with Crippen molar-refractivity contribution in [2.24, 2.45) is 28.2 Å². The van der Waals surface area contributed by atoms with Crippen molar-refractivity contribution in [2.75, 3.05) is 91.8 Å². The highest BCUT2D eigenvalue weighted by molar-refractivity contribution is 14.1. The number of nitrogens with one attached hydrogen (secondary N) is 1. The number of amides is 3. The second-order valence-corrected chi connectivity index (χ2v) is 30.7. The average molecular weight is 1740 g/mol. The highest BCUT2D eigenvalue weighted by Gasteiger charge is 2.38. The zero-order valence-electron chi connectivity index (χ0n) is 65.4. The third-order valence-corrected chi connectivity index (χ3v) is 22.8. The first-order valence-corrected chi connectivity index (χ1v) is 41.1. The number of carbonyl (C=O) groups excluding carboxylic acids is 5. The average Bonchev–Trinajstić information content (AvgIpc) is 1.57. The molecule has 31 heteroatoms.